The highest BCUT2D eigenvalue weighted by atomic mass is 16.5. The zero-order chi connectivity index (χ0) is 15.4. The first-order valence-corrected chi connectivity index (χ1v) is 6.44. The molecule has 0 aliphatic carbocycles. The number of furan rings is 1. The number of esters is 1. The topological polar surface area (TPSA) is 87.6 Å². The van der Waals surface area contributed by atoms with Gasteiger partial charge in [0.25, 0.3) is 5.89 Å². The Labute approximate surface area is 125 Å². The molecule has 0 saturated carbocycles. The van der Waals surface area contributed by atoms with Crippen LogP contribution >= 0.6 is 0 Å². The Balaban J connectivity index is 1.62. The largest absolute Gasteiger partial charge is 0.484 e. The van der Waals surface area contributed by atoms with E-state index >= 15 is 0 Å². The monoisotopic (exact) mass is 300 g/mol. The minimum atomic E-state index is -0.397. The average Bonchev–Trinajstić information content (AvgIpc) is 3.23. The maximum absolute atomic E-state index is 11.3. The molecule has 112 valence electrons. The number of carbonyl (C=O) groups is 1. The second-order valence-electron chi connectivity index (χ2n) is 4.29. The Morgan fingerprint density at radius 2 is 2.05 bits per heavy atom. The highest BCUT2D eigenvalue weighted by Crippen LogP contribution is 2.18. The third-order valence-electron chi connectivity index (χ3n) is 2.85. The van der Waals surface area contributed by atoms with E-state index in [4.69, 9.17) is 13.7 Å². The first-order valence-electron chi connectivity index (χ1n) is 6.44. The van der Waals surface area contributed by atoms with Gasteiger partial charge in [0.05, 0.1) is 18.9 Å². The number of hydrogen-bond donors (Lipinski definition) is 0. The molecule has 0 amide bonds. The molecule has 0 saturated heterocycles. The van der Waals surface area contributed by atoms with Crippen LogP contribution in [0.25, 0.3) is 11.6 Å². The number of rotatable bonds is 5. The second kappa shape index (κ2) is 6.13. The number of nitrogens with zero attached hydrogens (tertiary/aromatic N) is 2. The summed E-state index contributed by atoms with van der Waals surface area (Å²) in [6, 6.07) is 10.0. The van der Waals surface area contributed by atoms with Crippen molar-refractivity contribution in [1.82, 2.24) is 10.1 Å². The Morgan fingerprint density at radius 1 is 1.23 bits per heavy atom. The molecule has 3 aromatic rings. The number of hydrogen-bond acceptors (Lipinski definition) is 7. The quantitative estimate of drug-likeness (QED) is 0.669. The summed E-state index contributed by atoms with van der Waals surface area (Å²) < 4.78 is 20.4. The van der Waals surface area contributed by atoms with E-state index in [2.05, 4.69) is 14.9 Å². The molecule has 2 heterocycles. The second-order valence-corrected chi connectivity index (χ2v) is 4.29. The Bertz CT molecular complexity index is 747. The highest BCUT2D eigenvalue weighted by molar-refractivity contribution is 5.89. The lowest BCUT2D eigenvalue weighted by Crippen LogP contribution is -2.01. The van der Waals surface area contributed by atoms with Crippen LogP contribution < -0.4 is 4.74 Å². The Kier molecular flexibility index (Phi) is 3.86. The fourth-order valence-electron chi connectivity index (χ4n) is 1.77. The summed E-state index contributed by atoms with van der Waals surface area (Å²) in [5.74, 6) is 1.39. The minimum absolute atomic E-state index is 0.116. The third kappa shape index (κ3) is 2.98. The fourth-order valence-corrected chi connectivity index (χ4v) is 1.77. The van der Waals surface area contributed by atoms with E-state index in [1.165, 1.54) is 13.4 Å². The lowest BCUT2D eigenvalue weighted by atomic mass is 10.2. The lowest BCUT2D eigenvalue weighted by molar-refractivity contribution is 0.0600. The molecule has 22 heavy (non-hydrogen) atoms. The Morgan fingerprint density at radius 3 is 2.73 bits per heavy atom. The molecule has 3 rings (SSSR count). The van der Waals surface area contributed by atoms with E-state index in [1.807, 2.05) is 0 Å². The minimum Gasteiger partial charge on any atom is -0.484 e. The van der Waals surface area contributed by atoms with Crippen LogP contribution in [0.3, 0.4) is 0 Å². The summed E-state index contributed by atoms with van der Waals surface area (Å²) in [7, 11) is 1.33. The van der Waals surface area contributed by atoms with E-state index in [9.17, 15) is 4.79 Å². The Hall–Kier alpha value is -3.09. The zero-order valence-corrected chi connectivity index (χ0v) is 11.7. The van der Waals surface area contributed by atoms with E-state index in [0.29, 0.717) is 28.8 Å². The van der Waals surface area contributed by atoms with Crippen LogP contribution in [-0.4, -0.2) is 23.2 Å². The molecular formula is C15H12N2O5. The summed E-state index contributed by atoms with van der Waals surface area (Å²) in [5, 5.41) is 3.80. The summed E-state index contributed by atoms with van der Waals surface area (Å²) in [5.41, 5.74) is 0.452. The van der Waals surface area contributed by atoms with Crippen molar-refractivity contribution >= 4 is 5.97 Å². The average molecular weight is 300 g/mol. The molecule has 7 heteroatoms. The van der Waals surface area contributed by atoms with Crippen LogP contribution in [0.1, 0.15) is 16.2 Å². The van der Waals surface area contributed by atoms with E-state index in [1.54, 1.807) is 36.4 Å². The standard InChI is InChI=1S/C15H12N2O5/c1-19-15(18)10-4-6-11(7-5-10)21-9-13-16-14(17-22-13)12-3-2-8-20-12/h2-8H,9H2,1H3. The molecule has 0 radical (unpaired) electrons. The molecule has 7 nitrogen and oxygen atoms in total. The highest BCUT2D eigenvalue weighted by Gasteiger charge is 2.11. The van der Waals surface area contributed by atoms with Crippen molar-refractivity contribution in [1.29, 1.82) is 0 Å². The van der Waals surface area contributed by atoms with Gasteiger partial charge < -0.3 is 18.4 Å². The van der Waals surface area contributed by atoms with Crippen LogP contribution in [-0.2, 0) is 11.3 Å². The maximum atomic E-state index is 11.3. The van der Waals surface area contributed by atoms with Gasteiger partial charge in [0.2, 0.25) is 5.82 Å². The van der Waals surface area contributed by atoms with Crippen molar-refractivity contribution < 1.29 is 23.2 Å². The summed E-state index contributed by atoms with van der Waals surface area (Å²) in [6.07, 6.45) is 1.53. The number of ether oxygens (including phenoxy) is 2. The lowest BCUT2D eigenvalue weighted by Gasteiger charge is -2.04. The molecule has 0 bridgehead atoms. The normalized spacial score (nSPS) is 10.4. The molecule has 1 aromatic carbocycles. The number of benzene rings is 1. The molecule has 0 atom stereocenters. The molecule has 0 aliphatic heterocycles. The van der Waals surface area contributed by atoms with Crippen molar-refractivity contribution in [3.05, 3.63) is 54.1 Å². The van der Waals surface area contributed by atoms with Gasteiger partial charge in [-0.25, -0.2) is 4.79 Å². The van der Waals surface area contributed by atoms with Crippen LogP contribution in [0.15, 0.2) is 51.6 Å². The predicted molar refractivity (Wildman–Crippen MR) is 74.1 cm³/mol. The van der Waals surface area contributed by atoms with E-state index in [-0.39, 0.29) is 6.61 Å². The summed E-state index contributed by atoms with van der Waals surface area (Å²) in [4.78, 5) is 15.5. The first kappa shape index (κ1) is 13.9. The number of methoxy groups -OCH3 is 1. The van der Waals surface area contributed by atoms with Crippen LogP contribution in [0.4, 0.5) is 0 Å². The number of aromatic nitrogens is 2. The van der Waals surface area contributed by atoms with E-state index in [0.717, 1.165) is 0 Å². The van der Waals surface area contributed by atoms with Crippen molar-refractivity contribution in [2.45, 2.75) is 6.61 Å². The third-order valence-corrected chi connectivity index (χ3v) is 2.85. The first-order chi connectivity index (χ1) is 10.8. The van der Waals surface area contributed by atoms with Gasteiger partial charge >= 0.3 is 5.97 Å². The van der Waals surface area contributed by atoms with Crippen LogP contribution in [0.2, 0.25) is 0 Å². The van der Waals surface area contributed by atoms with Crippen molar-refractivity contribution in [2.75, 3.05) is 7.11 Å². The zero-order valence-electron chi connectivity index (χ0n) is 11.7. The predicted octanol–water partition coefficient (Wildman–Crippen LogP) is 2.70. The molecule has 2 aromatic heterocycles. The van der Waals surface area contributed by atoms with Gasteiger partial charge in [0.15, 0.2) is 12.4 Å². The number of carbonyl (C=O) groups excluding carboxylic acids is 1. The summed E-state index contributed by atoms with van der Waals surface area (Å²) in [6.45, 7) is 0.116. The maximum Gasteiger partial charge on any atom is 0.337 e. The van der Waals surface area contributed by atoms with Gasteiger partial charge in [0.1, 0.15) is 5.75 Å². The van der Waals surface area contributed by atoms with Crippen LogP contribution in [0.5, 0.6) is 5.75 Å². The van der Waals surface area contributed by atoms with Crippen molar-refractivity contribution in [3.8, 4) is 17.3 Å². The van der Waals surface area contributed by atoms with Crippen molar-refractivity contribution in [2.24, 2.45) is 0 Å². The smallest absolute Gasteiger partial charge is 0.337 e. The van der Waals surface area contributed by atoms with Gasteiger partial charge in [-0.3, -0.25) is 0 Å². The molecule has 0 aliphatic rings. The van der Waals surface area contributed by atoms with Gasteiger partial charge in [-0.05, 0) is 36.4 Å². The van der Waals surface area contributed by atoms with Gasteiger partial charge in [-0.15, -0.1) is 0 Å². The molecule has 0 unspecified atom stereocenters. The molecule has 0 spiro atoms. The van der Waals surface area contributed by atoms with E-state index < -0.39 is 5.97 Å². The van der Waals surface area contributed by atoms with Gasteiger partial charge in [-0.1, -0.05) is 5.16 Å². The summed E-state index contributed by atoms with van der Waals surface area (Å²) >= 11 is 0. The van der Waals surface area contributed by atoms with Crippen LogP contribution in [0, 0.1) is 0 Å². The molecule has 0 N–H and O–H groups in total. The molecular weight excluding hydrogens is 288 g/mol. The van der Waals surface area contributed by atoms with Crippen molar-refractivity contribution in [3.63, 3.8) is 0 Å². The fraction of sp³-hybridized carbons (Fsp3) is 0.133. The van der Waals surface area contributed by atoms with Gasteiger partial charge in [0, 0.05) is 0 Å². The van der Waals surface area contributed by atoms with Gasteiger partial charge in [-0.2, -0.15) is 4.98 Å². The molecule has 0 fully saturated rings. The SMILES string of the molecule is COC(=O)c1ccc(OCc2nc(-c3ccco3)no2)cc1.